The van der Waals surface area contributed by atoms with E-state index in [1.807, 2.05) is 45.0 Å². The Morgan fingerprint density at radius 3 is 2.20 bits per heavy atom. The van der Waals surface area contributed by atoms with Crippen molar-refractivity contribution >= 4 is 11.9 Å². The van der Waals surface area contributed by atoms with E-state index in [-0.39, 0.29) is 18.6 Å². The minimum Gasteiger partial charge on any atom is -0.469 e. The van der Waals surface area contributed by atoms with E-state index in [9.17, 15) is 14.7 Å². The third-order valence-corrected chi connectivity index (χ3v) is 7.02. The van der Waals surface area contributed by atoms with Gasteiger partial charge >= 0.3 is 6.03 Å². The van der Waals surface area contributed by atoms with Gasteiger partial charge in [0.25, 0.3) is 0 Å². The van der Waals surface area contributed by atoms with Crippen LogP contribution in [0.4, 0.5) is 4.79 Å². The number of hydrogen-bond donors (Lipinski definition) is 2. The number of hydrogen-bond acceptors (Lipinski definition) is 5. The van der Waals surface area contributed by atoms with Crippen LogP contribution in [0, 0.1) is 12.3 Å². The van der Waals surface area contributed by atoms with Crippen molar-refractivity contribution in [2.45, 2.75) is 71.8 Å². The summed E-state index contributed by atoms with van der Waals surface area (Å²) in [6.45, 7) is 8.19. The van der Waals surface area contributed by atoms with Gasteiger partial charge in [0.2, 0.25) is 5.91 Å². The summed E-state index contributed by atoms with van der Waals surface area (Å²) in [7, 11) is 1.53. The molecule has 1 aliphatic rings. The molecule has 2 aromatic rings. The topological polar surface area (TPSA) is 88.1 Å². The maximum Gasteiger partial charge on any atom is 0.327 e. The summed E-state index contributed by atoms with van der Waals surface area (Å²) < 4.78 is 11.2. The largest absolute Gasteiger partial charge is 0.469 e. The van der Waals surface area contributed by atoms with Gasteiger partial charge in [-0.2, -0.15) is 0 Å². The summed E-state index contributed by atoms with van der Waals surface area (Å²) in [6.07, 6.45) is 1.35. The molecule has 7 heteroatoms. The Bertz CT molecular complexity index is 985. The van der Waals surface area contributed by atoms with Crippen molar-refractivity contribution in [3.63, 3.8) is 0 Å². The van der Waals surface area contributed by atoms with E-state index in [1.165, 1.54) is 12.0 Å². The second-order valence-corrected chi connectivity index (χ2v) is 9.25. The first-order chi connectivity index (χ1) is 16.8. The molecule has 1 aliphatic heterocycles. The number of nitrogens with one attached hydrogen (secondary N) is 1. The van der Waals surface area contributed by atoms with Crippen molar-refractivity contribution in [3.8, 4) is 5.75 Å². The zero-order valence-corrected chi connectivity index (χ0v) is 21.4. The van der Waals surface area contributed by atoms with Gasteiger partial charge < -0.3 is 19.9 Å². The molecule has 1 unspecified atom stereocenters. The summed E-state index contributed by atoms with van der Waals surface area (Å²) >= 11 is 0. The fourth-order valence-corrected chi connectivity index (χ4v) is 4.68. The van der Waals surface area contributed by atoms with E-state index >= 15 is 0 Å². The van der Waals surface area contributed by atoms with Crippen LogP contribution in [0.2, 0.25) is 0 Å². The quantitative estimate of drug-likeness (QED) is 0.426. The second kappa shape index (κ2) is 11.7. The number of ether oxygens (including phenoxy) is 2. The average molecular weight is 483 g/mol. The number of amides is 3. The number of carbonyl (C=O) groups excluding carboxylic acids is 2. The Morgan fingerprint density at radius 2 is 1.66 bits per heavy atom. The van der Waals surface area contributed by atoms with Crippen molar-refractivity contribution in [1.82, 2.24) is 10.2 Å². The van der Waals surface area contributed by atoms with Crippen LogP contribution in [0.5, 0.6) is 5.75 Å². The number of β-lactam (4-membered cyclic amide) rings is 1. The lowest BCUT2D eigenvalue weighted by molar-refractivity contribution is -0.191. The van der Waals surface area contributed by atoms with Gasteiger partial charge in [-0.05, 0) is 49.4 Å². The summed E-state index contributed by atoms with van der Waals surface area (Å²) in [5.74, 6) is 0.319. The predicted octanol–water partition coefficient (Wildman–Crippen LogP) is 5.28. The number of imide groups is 1. The van der Waals surface area contributed by atoms with Crippen LogP contribution in [0.3, 0.4) is 0 Å². The van der Waals surface area contributed by atoms with Crippen molar-refractivity contribution in [2.75, 3.05) is 13.7 Å². The van der Waals surface area contributed by atoms with Crippen molar-refractivity contribution in [1.29, 1.82) is 0 Å². The lowest BCUT2D eigenvalue weighted by atomic mass is 9.72. The predicted molar refractivity (Wildman–Crippen MR) is 135 cm³/mol. The van der Waals surface area contributed by atoms with Gasteiger partial charge in [0, 0.05) is 7.11 Å². The molecule has 0 saturated carbocycles. The van der Waals surface area contributed by atoms with E-state index in [4.69, 9.17) is 9.47 Å². The Kier molecular flexibility index (Phi) is 8.92. The zero-order chi connectivity index (χ0) is 25.6. The van der Waals surface area contributed by atoms with Gasteiger partial charge in [0.05, 0.1) is 12.6 Å². The van der Waals surface area contributed by atoms with Gasteiger partial charge in [0.1, 0.15) is 17.3 Å². The smallest absolute Gasteiger partial charge is 0.327 e. The van der Waals surface area contributed by atoms with Crippen molar-refractivity contribution in [3.05, 3.63) is 65.2 Å². The lowest BCUT2D eigenvalue weighted by Gasteiger charge is -2.53. The molecule has 0 aromatic heterocycles. The lowest BCUT2D eigenvalue weighted by Crippen LogP contribution is -2.73. The minimum absolute atomic E-state index is 0.193. The summed E-state index contributed by atoms with van der Waals surface area (Å²) in [5, 5.41) is 13.2. The van der Waals surface area contributed by atoms with E-state index in [0.29, 0.717) is 24.2 Å². The maximum absolute atomic E-state index is 13.4. The molecule has 0 spiro atoms. The number of carbonyl (C=O) groups is 2. The molecule has 1 heterocycles. The van der Waals surface area contributed by atoms with Crippen LogP contribution in [0.25, 0.3) is 0 Å². The third kappa shape index (κ3) is 5.52. The molecule has 2 aromatic carbocycles. The van der Waals surface area contributed by atoms with Crippen LogP contribution in [0.1, 0.15) is 75.3 Å². The fourth-order valence-electron chi connectivity index (χ4n) is 4.68. The highest BCUT2D eigenvalue weighted by molar-refractivity contribution is 6.03. The zero-order valence-electron chi connectivity index (χ0n) is 21.4. The Labute approximate surface area is 208 Å². The molecular weight excluding hydrogens is 444 g/mol. The molecular formula is C28H38N2O5. The fraction of sp³-hybridized carbons (Fsp3) is 0.500. The number of urea groups is 1. The van der Waals surface area contributed by atoms with E-state index in [1.54, 1.807) is 24.3 Å². The molecule has 3 rings (SSSR count). The molecule has 35 heavy (non-hydrogen) atoms. The molecule has 7 nitrogen and oxygen atoms in total. The Hall–Kier alpha value is -2.90. The van der Waals surface area contributed by atoms with Gasteiger partial charge in [-0.3, -0.25) is 4.79 Å². The van der Waals surface area contributed by atoms with Gasteiger partial charge in [0.15, 0.2) is 6.23 Å². The Morgan fingerprint density at radius 1 is 1.06 bits per heavy atom. The molecule has 0 bridgehead atoms. The summed E-state index contributed by atoms with van der Waals surface area (Å²) in [6, 6.07) is 14.5. The molecule has 2 N–H and O–H groups in total. The first-order valence-corrected chi connectivity index (χ1v) is 12.5. The minimum atomic E-state index is -0.754. The number of likely N-dealkylation sites (tertiary alicyclic amines) is 1. The van der Waals surface area contributed by atoms with E-state index in [0.717, 1.165) is 24.0 Å². The number of methoxy groups -OCH3 is 1. The van der Waals surface area contributed by atoms with Gasteiger partial charge in [-0.1, -0.05) is 69.2 Å². The Balaban J connectivity index is 1.80. The highest BCUT2D eigenvalue weighted by Crippen LogP contribution is 2.46. The number of aliphatic hydroxyl groups is 1. The first kappa shape index (κ1) is 26.7. The van der Waals surface area contributed by atoms with Gasteiger partial charge in [-0.25, -0.2) is 9.69 Å². The van der Waals surface area contributed by atoms with Crippen LogP contribution in [-0.4, -0.2) is 41.9 Å². The van der Waals surface area contributed by atoms with Gasteiger partial charge in [-0.15, -0.1) is 0 Å². The second-order valence-electron chi connectivity index (χ2n) is 9.25. The summed E-state index contributed by atoms with van der Waals surface area (Å²) in [5.41, 5.74) is 2.11. The van der Waals surface area contributed by atoms with Crippen LogP contribution in [0.15, 0.2) is 48.5 Å². The number of nitrogens with zero attached hydrogens (tertiary/aromatic N) is 1. The number of rotatable bonds is 11. The van der Waals surface area contributed by atoms with Crippen molar-refractivity contribution < 1.29 is 24.2 Å². The third-order valence-electron chi connectivity index (χ3n) is 7.02. The number of aryl methyl sites for hydroxylation is 1. The standard InChI is InChI=1S/C28H38N2O5/c1-6-9-23(20-12-10-19(4)11-13-20)29-27(33)30-25(32)28(7-2,8-3)26(30)35-22-16-14-21(15-17-22)24(31)18-34-5/h10-17,23-24,26,31H,6-9,18H2,1-5H3,(H,29,33)/t23-,24-,26?/m1/s1. The molecule has 190 valence electrons. The number of aliphatic hydroxyl groups excluding tert-OH is 1. The van der Waals surface area contributed by atoms with Crippen LogP contribution in [-0.2, 0) is 9.53 Å². The van der Waals surface area contributed by atoms with Crippen LogP contribution < -0.4 is 10.1 Å². The highest BCUT2D eigenvalue weighted by atomic mass is 16.5. The average Bonchev–Trinajstić information content (AvgIpc) is 2.85. The molecule has 3 atom stereocenters. The normalized spacial score (nSPS) is 18.5. The molecule has 1 saturated heterocycles. The highest BCUT2D eigenvalue weighted by Gasteiger charge is 2.63. The summed E-state index contributed by atoms with van der Waals surface area (Å²) in [4.78, 5) is 27.8. The van der Waals surface area contributed by atoms with Crippen LogP contribution >= 0.6 is 0 Å². The maximum atomic E-state index is 13.4. The van der Waals surface area contributed by atoms with Crippen molar-refractivity contribution in [2.24, 2.45) is 5.41 Å². The molecule has 1 fully saturated rings. The molecule has 3 amide bonds. The first-order valence-electron chi connectivity index (χ1n) is 12.5. The molecule has 0 aliphatic carbocycles. The van der Waals surface area contributed by atoms with E-state index in [2.05, 4.69) is 12.2 Å². The number of benzene rings is 2. The monoisotopic (exact) mass is 482 g/mol. The SMILES string of the molecule is CCC[C@@H](NC(=O)N1C(=O)C(CC)(CC)C1Oc1ccc([C@H](O)COC)cc1)c1ccc(C)cc1. The van der Waals surface area contributed by atoms with E-state index < -0.39 is 23.8 Å². The molecule has 0 radical (unpaired) electrons.